The second kappa shape index (κ2) is 2.48. The molecule has 0 unspecified atom stereocenters. The van der Waals surface area contributed by atoms with Crippen LogP contribution in [0.2, 0.25) is 0 Å². The van der Waals surface area contributed by atoms with E-state index in [1.54, 1.807) is 7.11 Å². The molecule has 2 heteroatoms. The monoisotopic (exact) mass is 128 g/mol. The number of hydrogen-bond donors (Lipinski definition) is 0. The van der Waals surface area contributed by atoms with Gasteiger partial charge in [-0.1, -0.05) is 0 Å². The van der Waals surface area contributed by atoms with Gasteiger partial charge in [-0.2, -0.15) is 0 Å². The molecule has 0 aromatic rings. The largest absolute Gasteiger partial charge is 0.385 e. The smallest absolute Gasteiger partial charge is 0.126 e. The molecule has 2 nitrogen and oxygen atoms in total. The summed E-state index contributed by atoms with van der Waals surface area (Å²) in [5.74, 6) is 0. The standard InChI is InChI=1S/C7H12O2/c1-9-5-4-7(6-8)2-3-7/h6H,2-5H2,1H3. The zero-order valence-electron chi connectivity index (χ0n) is 5.72. The average molecular weight is 128 g/mol. The first-order valence-electron chi connectivity index (χ1n) is 3.28. The summed E-state index contributed by atoms with van der Waals surface area (Å²) in [4.78, 5) is 10.3. The lowest BCUT2D eigenvalue weighted by atomic mass is 10.1. The van der Waals surface area contributed by atoms with Crippen LogP contribution in [-0.4, -0.2) is 20.0 Å². The molecule has 0 N–H and O–H groups in total. The minimum absolute atomic E-state index is 0.0377. The van der Waals surface area contributed by atoms with E-state index in [1.807, 2.05) is 0 Å². The highest BCUT2D eigenvalue weighted by Crippen LogP contribution is 2.46. The summed E-state index contributed by atoms with van der Waals surface area (Å²) in [5, 5.41) is 0. The van der Waals surface area contributed by atoms with Gasteiger partial charge in [0.2, 0.25) is 0 Å². The number of hydrogen-bond acceptors (Lipinski definition) is 2. The highest BCUT2D eigenvalue weighted by molar-refractivity contribution is 5.63. The van der Waals surface area contributed by atoms with Crippen molar-refractivity contribution < 1.29 is 9.53 Å². The van der Waals surface area contributed by atoms with Crippen LogP contribution in [0.5, 0.6) is 0 Å². The van der Waals surface area contributed by atoms with Gasteiger partial charge in [-0.3, -0.25) is 0 Å². The lowest BCUT2D eigenvalue weighted by Crippen LogP contribution is -2.05. The van der Waals surface area contributed by atoms with Gasteiger partial charge in [0.25, 0.3) is 0 Å². The van der Waals surface area contributed by atoms with E-state index in [9.17, 15) is 4.79 Å². The van der Waals surface area contributed by atoms with E-state index < -0.39 is 0 Å². The van der Waals surface area contributed by atoms with Gasteiger partial charge in [0.15, 0.2) is 0 Å². The third-order valence-corrected chi connectivity index (χ3v) is 1.95. The topological polar surface area (TPSA) is 26.3 Å². The van der Waals surface area contributed by atoms with Gasteiger partial charge >= 0.3 is 0 Å². The summed E-state index contributed by atoms with van der Waals surface area (Å²) in [6.07, 6.45) is 4.12. The molecule has 0 radical (unpaired) electrons. The molecular weight excluding hydrogens is 116 g/mol. The normalized spacial score (nSPS) is 21.4. The van der Waals surface area contributed by atoms with Gasteiger partial charge in [0, 0.05) is 19.1 Å². The lowest BCUT2D eigenvalue weighted by Gasteiger charge is -2.02. The van der Waals surface area contributed by atoms with E-state index in [4.69, 9.17) is 4.74 Å². The third-order valence-electron chi connectivity index (χ3n) is 1.95. The maximum Gasteiger partial charge on any atom is 0.126 e. The summed E-state index contributed by atoms with van der Waals surface area (Å²) in [6, 6.07) is 0. The first-order chi connectivity index (χ1) is 4.33. The third kappa shape index (κ3) is 1.52. The molecule has 9 heavy (non-hydrogen) atoms. The van der Waals surface area contributed by atoms with E-state index >= 15 is 0 Å². The molecular formula is C7H12O2. The van der Waals surface area contributed by atoms with E-state index in [0.29, 0.717) is 0 Å². The van der Waals surface area contributed by atoms with Crippen molar-refractivity contribution >= 4 is 6.29 Å². The van der Waals surface area contributed by atoms with Gasteiger partial charge in [-0.05, 0) is 19.3 Å². The summed E-state index contributed by atoms with van der Waals surface area (Å²) in [6.45, 7) is 0.721. The van der Waals surface area contributed by atoms with E-state index in [0.717, 1.165) is 32.2 Å². The molecule has 1 aliphatic rings. The molecule has 1 saturated carbocycles. The van der Waals surface area contributed by atoms with Gasteiger partial charge in [-0.15, -0.1) is 0 Å². The predicted molar refractivity (Wildman–Crippen MR) is 34.2 cm³/mol. The second-order valence-corrected chi connectivity index (χ2v) is 2.72. The number of methoxy groups -OCH3 is 1. The van der Waals surface area contributed by atoms with Crippen LogP contribution < -0.4 is 0 Å². The molecule has 1 aliphatic carbocycles. The molecule has 0 amide bonds. The Labute approximate surface area is 55.2 Å². The fraction of sp³-hybridized carbons (Fsp3) is 0.857. The zero-order valence-corrected chi connectivity index (χ0v) is 5.72. The van der Waals surface area contributed by atoms with Crippen molar-refractivity contribution in [2.24, 2.45) is 5.41 Å². The lowest BCUT2D eigenvalue weighted by molar-refractivity contribution is -0.112. The maximum absolute atomic E-state index is 10.3. The van der Waals surface area contributed by atoms with Crippen molar-refractivity contribution in [3.63, 3.8) is 0 Å². The van der Waals surface area contributed by atoms with Gasteiger partial charge in [0.1, 0.15) is 6.29 Å². The molecule has 0 aliphatic heterocycles. The highest BCUT2D eigenvalue weighted by Gasteiger charge is 2.41. The molecule has 1 fully saturated rings. The molecule has 0 saturated heterocycles. The number of ether oxygens (including phenoxy) is 1. The first kappa shape index (κ1) is 6.75. The highest BCUT2D eigenvalue weighted by atomic mass is 16.5. The fourth-order valence-corrected chi connectivity index (χ4v) is 0.893. The Morgan fingerprint density at radius 3 is 2.67 bits per heavy atom. The summed E-state index contributed by atoms with van der Waals surface area (Å²) in [5.41, 5.74) is 0.0377. The van der Waals surface area contributed by atoms with E-state index in [2.05, 4.69) is 0 Å². The van der Waals surface area contributed by atoms with Crippen molar-refractivity contribution in [1.82, 2.24) is 0 Å². The maximum atomic E-state index is 10.3. The van der Waals surface area contributed by atoms with Crippen molar-refractivity contribution in [3.8, 4) is 0 Å². The predicted octanol–water partition coefficient (Wildman–Crippen LogP) is 1.00. The Hall–Kier alpha value is -0.370. The second-order valence-electron chi connectivity index (χ2n) is 2.72. The summed E-state index contributed by atoms with van der Waals surface area (Å²) < 4.78 is 4.86. The molecule has 0 atom stereocenters. The fourth-order valence-electron chi connectivity index (χ4n) is 0.893. The Bertz CT molecular complexity index is 105. The van der Waals surface area contributed by atoms with Crippen molar-refractivity contribution in [2.45, 2.75) is 19.3 Å². The van der Waals surface area contributed by atoms with Crippen LogP contribution in [-0.2, 0) is 9.53 Å². The molecule has 1 rings (SSSR count). The van der Waals surface area contributed by atoms with Crippen LogP contribution in [0, 0.1) is 5.41 Å². The number of carbonyl (C=O) groups is 1. The Morgan fingerprint density at radius 1 is 1.67 bits per heavy atom. The number of aldehydes is 1. The quantitative estimate of drug-likeness (QED) is 0.528. The van der Waals surface area contributed by atoms with E-state index in [1.165, 1.54) is 0 Å². The molecule has 0 aromatic heterocycles. The molecule has 0 heterocycles. The Balaban J connectivity index is 2.17. The van der Waals surface area contributed by atoms with Crippen molar-refractivity contribution in [3.05, 3.63) is 0 Å². The van der Waals surface area contributed by atoms with Gasteiger partial charge < -0.3 is 9.53 Å². The zero-order chi connectivity index (χ0) is 6.74. The first-order valence-corrected chi connectivity index (χ1v) is 3.28. The minimum atomic E-state index is 0.0377. The van der Waals surface area contributed by atoms with Crippen LogP contribution in [0.4, 0.5) is 0 Å². The van der Waals surface area contributed by atoms with Gasteiger partial charge in [-0.25, -0.2) is 0 Å². The van der Waals surface area contributed by atoms with Crippen LogP contribution in [0.3, 0.4) is 0 Å². The minimum Gasteiger partial charge on any atom is -0.385 e. The summed E-state index contributed by atoms with van der Waals surface area (Å²) >= 11 is 0. The SMILES string of the molecule is COCCC1(C=O)CC1. The van der Waals surface area contributed by atoms with Crippen LogP contribution in [0.1, 0.15) is 19.3 Å². The Morgan fingerprint density at radius 2 is 2.33 bits per heavy atom. The van der Waals surface area contributed by atoms with Crippen LogP contribution in [0.25, 0.3) is 0 Å². The number of carbonyl (C=O) groups excluding carboxylic acids is 1. The molecule has 52 valence electrons. The number of rotatable bonds is 4. The van der Waals surface area contributed by atoms with Crippen LogP contribution in [0.15, 0.2) is 0 Å². The van der Waals surface area contributed by atoms with E-state index in [-0.39, 0.29) is 5.41 Å². The molecule has 0 bridgehead atoms. The molecule has 0 spiro atoms. The molecule has 0 aromatic carbocycles. The summed E-state index contributed by atoms with van der Waals surface area (Å²) in [7, 11) is 1.67. The van der Waals surface area contributed by atoms with Crippen LogP contribution >= 0.6 is 0 Å². The van der Waals surface area contributed by atoms with Gasteiger partial charge in [0.05, 0.1) is 0 Å². The Kier molecular flexibility index (Phi) is 1.86. The van der Waals surface area contributed by atoms with Crippen molar-refractivity contribution in [2.75, 3.05) is 13.7 Å². The average Bonchev–Trinajstić information content (AvgIpc) is 2.65. The van der Waals surface area contributed by atoms with Crippen molar-refractivity contribution in [1.29, 1.82) is 0 Å².